The first-order chi connectivity index (χ1) is 11.5. The van der Waals surface area contributed by atoms with E-state index >= 15 is 0 Å². The van der Waals surface area contributed by atoms with E-state index in [9.17, 15) is 13.2 Å². The fourth-order valence-corrected chi connectivity index (χ4v) is 3.02. The fraction of sp³-hybridized carbons (Fsp3) is 0.211. The number of aromatic nitrogens is 1. The number of nitrogens with zero attached hydrogens (tertiary/aromatic N) is 1. The smallest absolute Gasteiger partial charge is 0.406 e. The molecule has 1 heterocycles. The van der Waals surface area contributed by atoms with Gasteiger partial charge in [-0.3, -0.25) is 4.98 Å². The van der Waals surface area contributed by atoms with Crippen molar-refractivity contribution < 1.29 is 17.9 Å². The van der Waals surface area contributed by atoms with Gasteiger partial charge >= 0.3 is 6.36 Å². The van der Waals surface area contributed by atoms with Gasteiger partial charge in [-0.15, -0.1) is 13.2 Å². The van der Waals surface area contributed by atoms with Crippen molar-refractivity contribution in [2.75, 3.05) is 0 Å². The lowest BCUT2D eigenvalue weighted by molar-refractivity contribution is -0.274. The molecule has 24 heavy (non-hydrogen) atoms. The Balaban J connectivity index is 1.75. The molecular weight excluding hydrogens is 315 g/mol. The van der Waals surface area contributed by atoms with E-state index in [-0.39, 0.29) is 5.75 Å². The molecule has 122 valence electrons. The van der Waals surface area contributed by atoms with Gasteiger partial charge in [0.1, 0.15) is 5.75 Å². The van der Waals surface area contributed by atoms with Gasteiger partial charge in [0, 0.05) is 17.1 Å². The van der Waals surface area contributed by atoms with Crippen LogP contribution in [-0.2, 0) is 0 Å². The van der Waals surface area contributed by atoms with E-state index in [0.717, 1.165) is 22.0 Å². The fourth-order valence-electron chi connectivity index (χ4n) is 3.02. The molecule has 1 aliphatic rings. The number of fused-ring (bicyclic) bond motifs is 1. The zero-order valence-electron chi connectivity index (χ0n) is 12.7. The molecule has 4 rings (SSSR count). The molecule has 0 spiro atoms. The monoisotopic (exact) mass is 329 g/mol. The molecule has 3 aromatic rings. The first-order valence-electron chi connectivity index (χ1n) is 7.75. The van der Waals surface area contributed by atoms with E-state index in [1.54, 1.807) is 18.3 Å². The van der Waals surface area contributed by atoms with Gasteiger partial charge in [0.15, 0.2) is 0 Å². The van der Waals surface area contributed by atoms with Gasteiger partial charge in [-0.05, 0) is 48.1 Å². The average Bonchev–Trinajstić information content (AvgIpc) is 3.38. The number of hydrogen-bond acceptors (Lipinski definition) is 2. The van der Waals surface area contributed by atoms with Crippen molar-refractivity contribution >= 4 is 10.9 Å². The summed E-state index contributed by atoms with van der Waals surface area (Å²) in [5, 5.41) is 1.12. The van der Waals surface area contributed by atoms with Gasteiger partial charge in [-0.1, -0.05) is 30.3 Å². The number of ether oxygens (including phenoxy) is 1. The second kappa shape index (κ2) is 5.51. The average molecular weight is 329 g/mol. The zero-order chi connectivity index (χ0) is 16.7. The van der Waals surface area contributed by atoms with E-state index in [2.05, 4.69) is 21.9 Å². The van der Waals surface area contributed by atoms with Crippen LogP contribution in [-0.4, -0.2) is 11.3 Å². The second-order valence-corrected chi connectivity index (χ2v) is 5.95. The highest BCUT2D eigenvalue weighted by atomic mass is 19.4. The molecule has 0 atom stereocenters. The lowest BCUT2D eigenvalue weighted by atomic mass is 9.98. The van der Waals surface area contributed by atoms with Gasteiger partial charge in [0.2, 0.25) is 0 Å². The van der Waals surface area contributed by atoms with E-state index in [4.69, 9.17) is 0 Å². The Morgan fingerprint density at radius 3 is 2.38 bits per heavy atom. The van der Waals surface area contributed by atoms with Crippen molar-refractivity contribution in [3.05, 3.63) is 60.3 Å². The van der Waals surface area contributed by atoms with Gasteiger partial charge in [0.05, 0.1) is 5.52 Å². The SMILES string of the molecule is FC(F)(F)Oc1ccc(-c2cccc3c(C4CC4)ccnc23)cc1. The number of benzene rings is 2. The molecule has 1 aliphatic carbocycles. The van der Waals surface area contributed by atoms with E-state index in [1.165, 1.54) is 30.5 Å². The van der Waals surface area contributed by atoms with E-state index < -0.39 is 6.36 Å². The summed E-state index contributed by atoms with van der Waals surface area (Å²) in [7, 11) is 0. The largest absolute Gasteiger partial charge is 0.573 e. The van der Waals surface area contributed by atoms with Crippen LogP contribution in [0.5, 0.6) is 5.75 Å². The maximum Gasteiger partial charge on any atom is 0.573 e. The highest BCUT2D eigenvalue weighted by Gasteiger charge is 2.31. The van der Waals surface area contributed by atoms with Crippen LogP contribution >= 0.6 is 0 Å². The number of alkyl halides is 3. The summed E-state index contributed by atoms with van der Waals surface area (Å²) in [5.74, 6) is 0.381. The molecule has 0 amide bonds. The van der Waals surface area contributed by atoms with Crippen LogP contribution in [0.1, 0.15) is 24.3 Å². The molecule has 0 aliphatic heterocycles. The predicted octanol–water partition coefficient (Wildman–Crippen LogP) is 5.68. The minimum absolute atomic E-state index is 0.224. The standard InChI is InChI=1S/C19H14F3NO/c20-19(21,22)24-14-8-6-13(7-9-14)16-2-1-3-17-15(12-4-5-12)10-11-23-18(16)17/h1-3,6-12H,4-5H2. The van der Waals surface area contributed by atoms with Crippen molar-refractivity contribution in [1.29, 1.82) is 0 Å². The molecule has 0 bridgehead atoms. The molecule has 0 radical (unpaired) electrons. The Morgan fingerprint density at radius 2 is 1.71 bits per heavy atom. The topological polar surface area (TPSA) is 22.1 Å². The summed E-state index contributed by atoms with van der Waals surface area (Å²) in [6.45, 7) is 0. The van der Waals surface area contributed by atoms with Crippen LogP contribution in [0, 0.1) is 0 Å². The molecule has 2 aromatic carbocycles. The van der Waals surface area contributed by atoms with Crippen LogP contribution in [0.4, 0.5) is 13.2 Å². The first-order valence-corrected chi connectivity index (χ1v) is 7.75. The highest BCUT2D eigenvalue weighted by molar-refractivity contribution is 5.95. The summed E-state index contributed by atoms with van der Waals surface area (Å²) in [5.41, 5.74) is 3.91. The molecular formula is C19H14F3NO. The maximum atomic E-state index is 12.3. The molecule has 5 heteroatoms. The van der Waals surface area contributed by atoms with Gasteiger partial charge in [-0.2, -0.15) is 0 Å². The number of halogens is 3. The Bertz CT molecular complexity index is 883. The molecule has 0 saturated heterocycles. The van der Waals surface area contributed by atoms with Crippen LogP contribution in [0.25, 0.3) is 22.0 Å². The Morgan fingerprint density at radius 1 is 0.958 bits per heavy atom. The van der Waals surface area contributed by atoms with E-state index in [0.29, 0.717) is 5.92 Å². The summed E-state index contributed by atoms with van der Waals surface area (Å²) < 4.78 is 40.7. The minimum atomic E-state index is -4.68. The number of rotatable bonds is 3. The van der Waals surface area contributed by atoms with Gasteiger partial charge in [0.25, 0.3) is 0 Å². The van der Waals surface area contributed by atoms with Crippen LogP contribution in [0.2, 0.25) is 0 Å². The van der Waals surface area contributed by atoms with Crippen LogP contribution in [0.15, 0.2) is 54.7 Å². The van der Waals surface area contributed by atoms with Crippen LogP contribution < -0.4 is 4.74 Å². The Labute approximate surface area is 136 Å². The molecule has 2 nitrogen and oxygen atoms in total. The van der Waals surface area contributed by atoms with Crippen molar-refractivity contribution in [2.45, 2.75) is 25.1 Å². The second-order valence-electron chi connectivity index (χ2n) is 5.95. The third-order valence-electron chi connectivity index (χ3n) is 4.22. The number of hydrogen-bond donors (Lipinski definition) is 0. The number of pyridine rings is 1. The summed E-state index contributed by atoms with van der Waals surface area (Å²) in [4.78, 5) is 4.50. The van der Waals surface area contributed by atoms with Crippen molar-refractivity contribution in [2.24, 2.45) is 0 Å². The molecule has 1 aromatic heterocycles. The first kappa shape index (κ1) is 15.0. The summed E-state index contributed by atoms with van der Waals surface area (Å²) >= 11 is 0. The highest BCUT2D eigenvalue weighted by Crippen LogP contribution is 2.43. The zero-order valence-corrected chi connectivity index (χ0v) is 12.7. The van der Waals surface area contributed by atoms with Crippen LogP contribution in [0.3, 0.4) is 0 Å². The predicted molar refractivity (Wildman–Crippen MR) is 85.8 cm³/mol. The quantitative estimate of drug-likeness (QED) is 0.617. The molecule has 1 saturated carbocycles. The van der Waals surface area contributed by atoms with Crippen molar-refractivity contribution in [3.63, 3.8) is 0 Å². The van der Waals surface area contributed by atoms with Crippen molar-refractivity contribution in [3.8, 4) is 16.9 Å². The number of para-hydroxylation sites is 1. The Kier molecular flexibility index (Phi) is 3.44. The third-order valence-corrected chi connectivity index (χ3v) is 4.22. The van der Waals surface area contributed by atoms with Crippen molar-refractivity contribution in [1.82, 2.24) is 4.98 Å². The third kappa shape index (κ3) is 2.94. The lowest BCUT2D eigenvalue weighted by Crippen LogP contribution is -2.16. The lowest BCUT2D eigenvalue weighted by Gasteiger charge is -2.11. The van der Waals surface area contributed by atoms with E-state index in [1.807, 2.05) is 12.1 Å². The summed E-state index contributed by atoms with van der Waals surface area (Å²) in [6.07, 6.45) is -0.470. The maximum absolute atomic E-state index is 12.3. The normalized spacial score (nSPS) is 14.8. The minimum Gasteiger partial charge on any atom is -0.406 e. The molecule has 0 N–H and O–H groups in total. The molecule has 1 fully saturated rings. The molecule has 0 unspecified atom stereocenters. The van der Waals surface area contributed by atoms with Gasteiger partial charge < -0.3 is 4.74 Å². The Hall–Kier alpha value is -2.56. The van der Waals surface area contributed by atoms with Gasteiger partial charge in [-0.25, -0.2) is 0 Å². The summed E-state index contributed by atoms with van der Waals surface area (Å²) in [6, 6.07) is 13.9.